The number of likely N-dealkylation sites (tertiary alicyclic amines) is 1. The third kappa shape index (κ3) is 4.87. The molecule has 28 heavy (non-hydrogen) atoms. The van der Waals surface area contributed by atoms with Crippen LogP contribution in [0.25, 0.3) is 0 Å². The smallest absolute Gasteiger partial charge is 0.194 e. The molecule has 154 valence electrons. The quantitative estimate of drug-likeness (QED) is 0.625. The van der Waals surface area contributed by atoms with Crippen LogP contribution in [0.15, 0.2) is 29.3 Å². The van der Waals surface area contributed by atoms with E-state index in [9.17, 15) is 0 Å². The molecule has 1 aliphatic carbocycles. The van der Waals surface area contributed by atoms with Crippen LogP contribution >= 0.6 is 0 Å². The number of benzene rings is 1. The Kier molecular flexibility index (Phi) is 6.53. The molecule has 1 saturated carbocycles. The van der Waals surface area contributed by atoms with Crippen LogP contribution in [0.4, 0.5) is 0 Å². The van der Waals surface area contributed by atoms with Crippen LogP contribution in [0.2, 0.25) is 0 Å². The number of morpholine rings is 1. The third-order valence-electron chi connectivity index (χ3n) is 6.65. The van der Waals surface area contributed by atoms with E-state index in [4.69, 9.17) is 9.73 Å². The molecule has 1 spiro atoms. The molecule has 0 radical (unpaired) electrons. The number of aliphatic imine (C=N–C) groups is 1. The van der Waals surface area contributed by atoms with Gasteiger partial charge in [0.2, 0.25) is 0 Å². The molecule has 5 heteroatoms. The van der Waals surface area contributed by atoms with E-state index in [1.54, 1.807) is 0 Å². The van der Waals surface area contributed by atoms with Gasteiger partial charge in [0, 0.05) is 39.3 Å². The van der Waals surface area contributed by atoms with E-state index < -0.39 is 0 Å². The van der Waals surface area contributed by atoms with Crippen molar-refractivity contribution in [2.45, 2.75) is 52.1 Å². The Labute approximate surface area is 170 Å². The summed E-state index contributed by atoms with van der Waals surface area (Å²) in [4.78, 5) is 9.99. The maximum atomic E-state index is 5.46. The van der Waals surface area contributed by atoms with Gasteiger partial charge in [-0.3, -0.25) is 4.90 Å². The first-order chi connectivity index (χ1) is 13.8. The maximum Gasteiger partial charge on any atom is 0.194 e. The first-order valence-corrected chi connectivity index (χ1v) is 11.2. The monoisotopic (exact) mass is 384 g/mol. The lowest BCUT2D eigenvalue weighted by molar-refractivity contribution is 0.0342. The summed E-state index contributed by atoms with van der Waals surface area (Å²) in [6, 6.07) is 8.94. The Bertz CT molecular complexity index is 662. The first kappa shape index (κ1) is 19.7. The van der Waals surface area contributed by atoms with Crippen LogP contribution < -0.4 is 5.32 Å². The van der Waals surface area contributed by atoms with Gasteiger partial charge in [0.1, 0.15) is 0 Å². The van der Waals surface area contributed by atoms with Crippen molar-refractivity contribution in [3.8, 4) is 0 Å². The van der Waals surface area contributed by atoms with E-state index in [1.165, 1.54) is 49.8 Å². The predicted molar refractivity (Wildman–Crippen MR) is 114 cm³/mol. The van der Waals surface area contributed by atoms with Crippen molar-refractivity contribution in [1.82, 2.24) is 15.1 Å². The summed E-state index contributed by atoms with van der Waals surface area (Å²) < 4.78 is 5.46. The summed E-state index contributed by atoms with van der Waals surface area (Å²) in [5, 5.41) is 3.54. The van der Waals surface area contributed by atoms with Gasteiger partial charge in [0.25, 0.3) is 0 Å². The highest BCUT2D eigenvalue weighted by Gasteiger charge is 2.41. The highest BCUT2D eigenvalue weighted by molar-refractivity contribution is 5.80. The minimum atomic E-state index is 0.578. The molecule has 1 aromatic carbocycles. The lowest BCUT2D eigenvalue weighted by atomic mass is 9.86. The fourth-order valence-electron chi connectivity index (χ4n) is 5.08. The maximum absolute atomic E-state index is 5.46. The number of guanidine groups is 1. The molecular formula is C23H36N4O. The molecule has 0 bridgehead atoms. The van der Waals surface area contributed by atoms with E-state index in [0.29, 0.717) is 5.41 Å². The Morgan fingerprint density at radius 2 is 1.89 bits per heavy atom. The molecular weight excluding hydrogens is 348 g/mol. The van der Waals surface area contributed by atoms with Crippen molar-refractivity contribution < 1.29 is 4.74 Å². The first-order valence-electron chi connectivity index (χ1n) is 11.2. The average Bonchev–Trinajstić information content (AvgIpc) is 3.36. The summed E-state index contributed by atoms with van der Waals surface area (Å²) >= 11 is 0. The van der Waals surface area contributed by atoms with E-state index in [1.807, 2.05) is 0 Å². The van der Waals surface area contributed by atoms with Gasteiger partial charge in [-0.05, 0) is 42.7 Å². The molecule has 0 aromatic heterocycles. The molecule has 0 atom stereocenters. The predicted octanol–water partition coefficient (Wildman–Crippen LogP) is 3.25. The molecule has 2 heterocycles. The fraction of sp³-hybridized carbons (Fsp3) is 0.696. The van der Waals surface area contributed by atoms with Crippen molar-refractivity contribution in [2.75, 3.05) is 45.9 Å². The van der Waals surface area contributed by atoms with E-state index in [0.717, 1.165) is 58.4 Å². The van der Waals surface area contributed by atoms with Crippen LogP contribution in [0.3, 0.4) is 0 Å². The Morgan fingerprint density at radius 1 is 1.11 bits per heavy atom. The van der Waals surface area contributed by atoms with Crippen LogP contribution in [-0.4, -0.2) is 61.7 Å². The van der Waals surface area contributed by atoms with Crippen LogP contribution in [0.5, 0.6) is 0 Å². The molecule has 2 saturated heterocycles. The summed E-state index contributed by atoms with van der Waals surface area (Å²) in [6.45, 7) is 11.0. The van der Waals surface area contributed by atoms with Crippen LogP contribution in [0.1, 0.15) is 50.2 Å². The normalized spacial score (nSPS) is 22.9. The van der Waals surface area contributed by atoms with Gasteiger partial charge in [-0.25, -0.2) is 4.99 Å². The standard InChI is InChI=1S/C23H36N4O/c1-2-24-22(27-11-10-23(19-27)8-3-4-9-23)25-17-20-6-5-7-21(16-20)18-26-12-14-28-15-13-26/h5-7,16H,2-4,8-15,17-19H2,1H3,(H,24,25). The van der Waals surface area contributed by atoms with Crippen LogP contribution in [-0.2, 0) is 17.8 Å². The summed E-state index contributed by atoms with van der Waals surface area (Å²) in [7, 11) is 0. The molecule has 1 N–H and O–H groups in total. The van der Waals surface area contributed by atoms with E-state index >= 15 is 0 Å². The highest BCUT2D eigenvalue weighted by Crippen LogP contribution is 2.45. The lowest BCUT2D eigenvalue weighted by Crippen LogP contribution is -2.41. The molecule has 4 rings (SSSR count). The van der Waals surface area contributed by atoms with Gasteiger partial charge in [-0.2, -0.15) is 0 Å². The van der Waals surface area contributed by atoms with Crippen molar-refractivity contribution in [1.29, 1.82) is 0 Å². The molecule has 0 unspecified atom stereocenters. The van der Waals surface area contributed by atoms with Gasteiger partial charge < -0.3 is 15.0 Å². The molecule has 0 amide bonds. The summed E-state index contributed by atoms with van der Waals surface area (Å²) in [5.74, 6) is 1.10. The second kappa shape index (κ2) is 9.27. The minimum absolute atomic E-state index is 0.578. The number of ether oxygens (including phenoxy) is 1. The number of hydrogen-bond acceptors (Lipinski definition) is 3. The van der Waals surface area contributed by atoms with E-state index in [2.05, 4.69) is 46.3 Å². The Morgan fingerprint density at radius 3 is 2.68 bits per heavy atom. The zero-order valence-corrected chi connectivity index (χ0v) is 17.5. The van der Waals surface area contributed by atoms with Gasteiger partial charge >= 0.3 is 0 Å². The zero-order chi connectivity index (χ0) is 19.2. The summed E-state index contributed by atoms with van der Waals surface area (Å²) in [5.41, 5.74) is 3.26. The van der Waals surface area contributed by atoms with Crippen molar-refractivity contribution >= 4 is 5.96 Å². The highest BCUT2D eigenvalue weighted by atomic mass is 16.5. The molecule has 3 fully saturated rings. The fourth-order valence-corrected chi connectivity index (χ4v) is 5.08. The zero-order valence-electron chi connectivity index (χ0n) is 17.5. The van der Waals surface area contributed by atoms with Gasteiger partial charge in [0.15, 0.2) is 5.96 Å². The SMILES string of the molecule is CCNC(=NCc1cccc(CN2CCOCC2)c1)N1CCC2(CCCC2)C1. The number of nitrogens with one attached hydrogen (secondary N) is 1. The van der Waals surface area contributed by atoms with Gasteiger partial charge in [0.05, 0.1) is 19.8 Å². The number of rotatable bonds is 5. The molecule has 3 aliphatic rings. The topological polar surface area (TPSA) is 40.1 Å². The van der Waals surface area contributed by atoms with Crippen molar-refractivity contribution in [3.05, 3.63) is 35.4 Å². The Hall–Kier alpha value is -1.59. The third-order valence-corrected chi connectivity index (χ3v) is 6.65. The summed E-state index contributed by atoms with van der Waals surface area (Å²) in [6.07, 6.45) is 6.99. The number of nitrogens with zero attached hydrogens (tertiary/aromatic N) is 3. The van der Waals surface area contributed by atoms with Crippen molar-refractivity contribution in [3.63, 3.8) is 0 Å². The van der Waals surface area contributed by atoms with Crippen LogP contribution in [0, 0.1) is 5.41 Å². The van der Waals surface area contributed by atoms with E-state index in [-0.39, 0.29) is 0 Å². The largest absolute Gasteiger partial charge is 0.379 e. The molecule has 1 aromatic rings. The van der Waals surface area contributed by atoms with Gasteiger partial charge in [-0.15, -0.1) is 0 Å². The van der Waals surface area contributed by atoms with Crippen molar-refractivity contribution in [2.24, 2.45) is 10.4 Å². The number of hydrogen-bond donors (Lipinski definition) is 1. The lowest BCUT2D eigenvalue weighted by Gasteiger charge is -2.26. The molecule has 5 nitrogen and oxygen atoms in total. The second-order valence-electron chi connectivity index (χ2n) is 8.76. The minimum Gasteiger partial charge on any atom is -0.379 e. The second-order valence-corrected chi connectivity index (χ2v) is 8.76. The molecule has 2 aliphatic heterocycles. The average molecular weight is 385 g/mol. The van der Waals surface area contributed by atoms with Gasteiger partial charge in [-0.1, -0.05) is 37.1 Å². The Balaban J connectivity index is 1.38.